The number of rotatable bonds is 6. The number of nitrogens with zero attached hydrogens (tertiary/aromatic N) is 1. The fraction of sp³-hybridized carbons (Fsp3) is 0.467. The number of halogens is 3. The number of amides is 1. The van der Waals surface area contributed by atoms with Crippen LogP contribution in [0.25, 0.3) is 0 Å². The van der Waals surface area contributed by atoms with Gasteiger partial charge < -0.3 is 16.0 Å². The summed E-state index contributed by atoms with van der Waals surface area (Å²) in [6, 6.07) is 3.38. The van der Waals surface area contributed by atoms with Crippen LogP contribution < -0.4 is 16.0 Å². The molecule has 1 amide bonds. The summed E-state index contributed by atoms with van der Waals surface area (Å²) < 4.78 is 26.5. The molecule has 3 N–H and O–H groups in total. The van der Waals surface area contributed by atoms with Gasteiger partial charge in [0.25, 0.3) is 0 Å². The molecule has 0 aliphatic heterocycles. The van der Waals surface area contributed by atoms with E-state index in [1.54, 1.807) is 7.05 Å². The third-order valence-corrected chi connectivity index (χ3v) is 2.77. The Morgan fingerprint density at radius 1 is 1.26 bits per heavy atom. The molecule has 0 bridgehead atoms. The highest BCUT2D eigenvalue weighted by Gasteiger charge is 2.06. The van der Waals surface area contributed by atoms with Crippen LogP contribution in [0.3, 0.4) is 0 Å². The first-order chi connectivity index (χ1) is 10.4. The number of benzene rings is 1. The number of carbonyl (C=O) groups is 1. The van der Waals surface area contributed by atoms with Gasteiger partial charge in [-0.2, -0.15) is 0 Å². The normalized spacial score (nSPS) is 11.0. The smallest absolute Gasteiger partial charge is 0.221 e. The summed E-state index contributed by atoms with van der Waals surface area (Å²) in [5, 5.41) is 8.58. The fourth-order valence-corrected chi connectivity index (χ4v) is 1.77. The van der Waals surface area contributed by atoms with Crippen molar-refractivity contribution in [2.24, 2.45) is 4.99 Å². The summed E-state index contributed by atoms with van der Waals surface area (Å²) in [5.74, 6) is -0.623. The van der Waals surface area contributed by atoms with Gasteiger partial charge in [-0.1, -0.05) is 0 Å². The molecule has 0 aliphatic rings. The first-order valence-electron chi connectivity index (χ1n) is 7.10. The van der Waals surface area contributed by atoms with Crippen molar-refractivity contribution in [3.63, 3.8) is 0 Å². The molecule has 0 radical (unpaired) electrons. The Hall–Kier alpha value is -1.45. The molecular formula is C15H23F2IN4O. The van der Waals surface area contributed by atoms with Crippen LogP contribution in [0.2, 0.25) is 0 Å². The van der Waals surface area contributed by atoms with Gasteiger partial charge in [-0.15, -0.1) is 24.0 Å². The molecule has 0 unspecified atom stereocenters. The van der Waals surface area contributed by atoms with Crippen molar-refractivity contribution >= 4 is 35.8 Å². The van der Waals surface area contributed by atoms with E-state index in [9.17, 15) is 13.6 Å². The highest BCUT2D eigenvalue weighted by Crippen LogP contribution is 2.08. The first kappa shape index (κ1) is 21.6. The highest BCUT2D eigenvalue weighted by molar-refractivity contribution is 14.0. The van der Waals surface area contributed by atoms with Gasteiger partial charge in [-0.05, 0) is 32.0 Å². The van der Waals surface area contributed by atoms with Crippen molar-refractivity contribution in [3.8, 4) is 0 Å². The van der Waals surface area contributed by atoms with Gasteiger partial charge in [-0.3, -0.25) is 9.79 Å². The minimum absolute atomic E-state index is 0. The van der Waals surface area contributed by atoms with Gasteiger partial charge in [-0.25, -0.2) is 8.78 Å². The minimum Gasteiger partial charge on any atom is -0.356 e. The standard InChI is InChI=1S/C15H22F2N4O.HI/c1-10(2)21-14(22)6-7-19-15(18-3)20-9-11-8-12(16)4-5-13(11)17;/h4-5,8,10H,6-7,9H2,1-3H3,(H,21,22)(H2,18,19,20);1H. The number of hydrogen-bond acceptors (Lipinski definition) is 2. The fourth-order valence-electron chi connectivity index (χ4n) is 1.77. The molecule has 0 fully saturated rings. The highest BCUT2D eigenvalue weighted by atomic mass is 127. The summed E-state index contributed by atoms with van der Waals surface area (Å²) in [4.78, 5) is 15.4. The van der Waals surface area contributed by atoms with Crippen molar-refractivity contribution in [2.75, 3.05) is 13.6 Å². The van der Waals surface area contributed by atoms with E-state index in [0.29, 0.717) is 18.9 Å². The zero-order valence-corrected chi connectivity index (χ0v) is 15.8. The van der Waals surface area contributed by atoms with Crippen LogP contribution in [0, 0.1) is 11.6 Å². The molecule has 0 heterocycles. The molecule has 1 rings (SSSR count). The first-order valence-corrected chi connectivity index (χ1v) is 7.10. The van der Waals surface area contributed by atoms with Crippen molar-refractivity contribution in [3.05, 3.63) is 35.4 Å². The predicted molar refractivity (Wildman–Crippen MR) is 97.9 cm³/mol. The average Bonchev–Trinajstić information content (AvgIpc) is 2.45. The second-order valence-corrected chi connectivity index (χ2v) is 5.06. The van der Waals surface area contributed by atoms with Crippen molar-refractivity contribution in [1.82, 2.24) is 16.0 Å². The average molecular weight is 440 g/mol. The molecule has 0 aromatic heterocycles. The maximum absolute atomic E-state index is 13.5. The van der Waals surface area contributed by atoms with Crippen LogP contribution >= 0.6 is 24.0 Å². The van der Waals surface area contributed by atoms with E-state index >= 15 is 0 Å². The van der Waals surface area contributed by atoms with Crippen molar-refractivity contribution in [2.45, 2.75) is 32.9 Å². The molecule has 0 spiro atoms. The summed E-state index contributed by atoms with van der Waals surface area (Å²) in [5.41, 5.74) is 0.209. The van der Waals surface area contributed by atoms with Gasteiger partial charge in [0, 0.05) is 38.2 Å². The lowest BCUT2D eigenvalue weighted by Gasteiger charge is -2.13. The molecule has 0 atom stereocenters. The summed E-state index contributed by atoms with van der Waals surface area (Å²) >= 11 is 0. The van der Waals surface area contributed by atoms with Gasteiger partial charge in [0.05, 0.1) is 0 Å². The van der Waals surface area contributed by atoms with E-state index in [1.165, 1.54) is 0 Å². The quantitative estimate of drug-likeness (QED) is 0.361. The Kier molecular flexibility index (Phi) is 10.4. The van der Waals surface area contributed by atoms with Crippen LogP contribution in [0.15, 0.2) is 23.2 Å². The second kappa shape index (κ2) is 11.1. The zero-order chi connectivity index (χ0) is 16.5. The van der Waals surface area contributed by atoms with Gasteiger partial charge >= 0.3 is 0 Å². The molecule has 8 heteroatoms. The minimum atomic E-state index is -0.494. The largest absolute Gasteiger partial charge is 0.356 e. The molecule has 0 aliphatic carbocycles. The molecule has 130 valence electrons. The summed E-state index contributed by atoms with van der Waals surface area (Å²) in [6.45, 7) is 4.27. The Labute approximate surface area is 152 Å². The van der Waals surface area contributed by atoms with Crippen molar-refractivity contribution in [1.29, 1.82) is 0 Å². The van der Waals surface area contributed by atoms with Crippen LogP contribution in [0.4, 0.5) is 8.78 Å². The van der Waals surface area contributed by atoms with Gasteiger partial charge in [0.2, 0.25) is 5.91 Å². The molecule has 1 aromatic rings. The Bertz CT molecular complexity index is 538. The van der Waals surface area contributed by atoms with E-state index in [2.05, 4.69) is 20.9 Å². The number of aliphatic imine (C=N–C) groups is 1. The SMILES string of the molecule is CN=C(NCCC(=O)NC(C)C)NCc1cc(F)ccc1F.I. The van der Waals surface area contributed by atoms with Crippen LogP contribution in [0.1, 0.15) is 25.8 Å². The summed E-state index contributed by atoms with van der Waals surface area (Å²) in [6.07, 6.45) is 0.299. The van der Waals surface area contributed by atoms with Crippen LogP contribution in [-0.4, -0.2) is 31.5 Å². The second-order valence-electron chi connectivity index (χ2n) is 5.06. The zero-order valence-electron chi connectivity index (χ0n) is 13.5. The maximum atomic E-state index is 13.5. The third-order valence-electron chi connectivity index (χ3n) is 2.77. The van der Waals surface area contributed by atoms with Crippen molar-refractivity contribution < 1.29 is 13.6 Å². The number of guanidine groups is 1. The lowest BCUT2D eigenvalue weighted by atomic mass is 10.2. The van der Waals surface area contributed by atoms with E-state index in [0.717, 1.165) is 18.2 Å². The van der Waals surface area contributed by atoms with E-state index < -0.39 is 11.6 Å². The Morgan fingerprint density at radius 2 is 1.96 bits per heavy atom. The number of carbonyl (C=O) groups excluding carboxylic acids is 1. The predicted octanol–water partition coefficient (Wildman–Crippen LogP) is 2.16. The van der Waals surface area contributed by atoms with Gasteiger partial charge in [0.1, 0.15) is 11.6 Å². The maximum Gasteiger partial charge on any atom is 0.221 e. The number of nitrogens with one attached hydrogen (secondary N) is 3. The third kappa shape index (κ3) is 8.68. The van der Waals surface area contributed by atoms with E-state index in [1.807, 2.05) is 13.8 Å². The Balaban J connectivity index is 0.00000484. The Morgan fingerprint density at radius 3 is 2.57 bits per heavy atom. The van der Waals surface area contributed by atoms with Crippen LogP contribution in [-0.2, 0) is 11.3 Å². The topological polar surface area (TPSA) is 65.5 Å². The summed E-state index contributed by atoms with van der Waals surface area (Å²) in [7, 11) is 1.56. The monoisotopic (exact) mass is 440 g/mol. The lowest BCUT2D eigenvalue weighted by Crippen LogP contribution is -2.39. The molecular weight excluding hydrogens is 417 g/mol. The molecule has 1 aromatic carbocycles. The molecule has 0 saturated carbocycles. The molecule has 5 nitrogen and oxygen atoms in total. The van der Waals surface area contributed by atoms with E-state index in [-0.39, 0.29) is 48.0 Å². The van der Waals surface area contributed by atoms with E-state index in [4.69, 9.17) is 0 Å². The molecule has 0 saturated heterocycles. The lowest BCUT2D eigenvalue weighted by molar-refractivity contribution is -0.121. The van der Waals surface area contributed by atoms with Gasteiger partial charge in [0.15, 0.2) is 5.96 Å². The number of hydrogen-bond donors (Lipinski definition) is 3. The van der Waals surface area contributed by atoms with Crippen LogP contribution in [0.5, 0.6) is 0 Å². The molecule has 23 heavy (non-hydrogen) atoms.